The van der Waals surface area contributed by atoms with Gasteiger partial charge in [-0.15, -0.1) is 0 Å². The molecule has 9 nitrogen and oxygen atoms in total. The normalized spacial score (nSPS) is 20.1. The number of aromatic nitrogens is 2. The molecule has 1 atom stereocenters. The Morgan fingerprint density at radius 3 is 2.55 bits per heavy atom. The van der Waals surface area contributed by atoms with Crippen LogP contribution in [-0.2, 0) is 20.9 Å². The minimum Gasteiger partial charge on any atom is -0.466 e. The van der Waals surface area contributed by atoms with Crippen molar-refractivity contribution in [3.63, 3.8) is 0 Å². The number of likely N-dealkylation sites (tertiary alicyclic amines) is 1. The summed E-state index contributed by atoms with van der Waals surface area (Å²) >= 11 is 0. The zero-order valence-corrected chi connectivity index (χ0v) is 19.5. The van der Waals surface area contributed by atoms with Crippen molar-refractivity contribution < 1.29 is 18.8 Å². The molecule has 2 saturated heterocycles. The molecule has 178 valence electrons. The standard InChI is InChI=1S/C24H33N5O4/c1-3-32-24(31)20-5-4-10-29(15-20)22(30)17-28-13-11-27(12-14-28)16-21-25-23(26-33-21)19-8-6-18(2)7-9-19/h6-9,20H,3-5,10-17H2,1-2H3. The maximum Gasteiger partial charge on any atom is 0.310 e. The Bertz CT molecular complexity index is 937. The van der Waals surface area contributed by atoms with Crippen LogP contribution < -0.4 is 0 Å². The van der Waals surface area contributed by atoms with E-state index in [1.165, 1.54) is 5.56 Å². The van der Waals surface area contributed by atoms with Gasteiger partial charge in [-0.3, -0.25) is 19.4 Å². The molecule has 0 aliphatic carbocycles. The Morgan fingerprint density at radius 1 is 1.09 bits per heavy atom. The smallest absolute Gasteiger partial charge is 0.310 e. The molecule has 2 aliphatic heterocycles. The van der Waals surface area contributed by atoms with Crippen LogP contribution in [0.5, 0.6) is 0 Å². The number of benzene rings is 1. The molecule has 0 N–H and O–H groups in total. The predicted molar refractivity (Wildman–Crippen MR) is 122 cm³/mol. The van der Waals surface area contributed by atoms with E-state index in [1.54, 1.807) is 0 Å². The second-order valence-corrected chi connectivity index (χ2v) is 8.86. The third-order valence-electron chi connectivity index (χ3n) is 6.35. The number of carbonyl (C=O) groups excluding carboxylic acids is 2. The van der Waals surface area contributed by atoms with Crippen LogP contribution in [0.15, 0.2) is 28.8 Å². The summed E-state index contributed by atoms with van der Waals surface area (Å²) in [5, 5.41) is 4.11. The first kappa shape index (κ1) is 23.4. The van der Waals surface area contributed by atoms with Crippen molar-refractivity contribution in [2.75, 3.05) is 52.4 Å². The highest BCUT2D eigenvalue weighted by atomic mass is 16.5. The number of piperidine rings is 1. The fourth-order valence-corrected chi connectivity index (χ4v) is 4.38. The van der Waals surface area contributed by atoms with Crippen molar-refractivity contribution in [1.82, 2.24) is 24.8 Å². The van der Waals surface area contributed by atoms with Crippen molar-refractivity contribution in [2.45, 2.75) is 33.2 Å². The number of amides is 1. The average molecular weight is 456 g/mol. The largest absolute Gasteiger partial charge is 0.466 e. The highest BCUT2D eigenvalue weighted by molar-refractivity contribution is 5.80. The highest BCUT2D eigenvalue weighted by Gasteiger charge is 2.30. The molecule has 0 saturated carbocycles. The van der Waals surface area contributed by atoms with Crippen LogP contribution in [0.4, 0.5) is 0 Å². The molecule has 2 aromatic rings. The molecule has 2 fully saturated rings. The Hall–Kier alpha value is -2.78. The van der Waals surface area contributed by atoms with Crippen LogP contribution in [-0.4, -0.2) is 89.1 Å². The van der Waals surface area contributed by atoms with Crippen molar-refractivity contribution in [2.24, 2.45) is 5.92 Å². The van der Waals surface area contributed by atoms with Crippen molar-refractivity contribution in [3.8, 4) is 11.4 Å². The van der Waals surface area contributed by atoms with Gasteiger partial charge < -0.3 is 14.2 Å². The van der Waals surface area contributed by atoms with E-state index in [1.807, 2.05) is 43.0 Å². The van der Waals surface area contributed by atoms with Crippen LogP contribution in [0.3, 0.4) is 0 Å². The molecule has 33 heavy (non-hydrogen) atoms. The predicted octanol–water partition coefficient (Wildman–Crippen LogP) is 1.96. The zero-order valence-electron chi connectivity index (χ0n) is 19.5. The van der Waals surface area contributed by atoms with Gasteiger partial charge in [0.15, 0.2) is 0 Å². The summed E-state index contributed by atoms with van der Waals surface area (Å²) in [4.78, 5) is 35.7. The summed E-state index contributed by atoms with van der Waals surface area (Å²) in [6.45, 7) is 9.70. The van der Waals surface area contributed by atoms with E-state index in [0.29, 0.717) is 38.0 Å². The Balaban J connectivity index is 1.22. The van der Waals surface area contributed by atoms with E-state index in [-0.39, 0.29) is 17.8 Å². The summed E-state index contributed by atoms with van der Waals surface area (Å²) in [5.74, 6) is 0.927. The zero-order chi connectivity index (χ0) is 23.2. The van der Waals surface area contributed by atoms with Crippen LogP contribution >= 0.6 is 0 Å². The first-order chi connectivity index (χ1) is 16.0. The van der Waals surface area contributed by atoms with Gasteiger partial charge in [0.05, 0.1) is 25.6 Å². The fourth-order valence-electron chi connectivity index (χ4n) is 4.38. The lowest BCUT2D eigenvalue weighted by molar-refractivity contribution is -0.151. The van der Waals surface area contributed by atoms with Gasteiger partial charge in [0, 0.05) is 44.8 Å². The van der Waals surface area contributed by atoms with E-state index >= 15 is 0 Å². The second kappa shape index (κ2) is 10.9. The number of ether oxygens (including phenoxy) is 1. The van der Waals surface area contributed by atoms with Gasteiger partial charge >= 0.3 is 5.97 Å². The molecule has 9 heteroatoms. The van der Waals surface area contributed by atoms with Gasteiger partial charge in [-0.05, 0) is 26.7 Å². The lowest BCUT2D eigenvalue weighted by Gasteiger charge is -2.36. The molecule has 2 aliphatic rings. The van der Waals surface area contributed by atoms with E-state index in [0.717, 1.165) is 51.1 Å². The topological polar surface area (TPSA) is 92.0 Å². The molecule has 0 radical (unpaired) electrons. The summed E-state index contributed by atoms with van der Waals surface area (Å²) in [6, 6.07) is 8.06. The lowest BCUT2D eigenvalue weighted by Crippen LogP contribution is -2.51. The second-order valence-electron chi connectivity index (χ2n) is 8.86. The monoisotopic (exact) mass is 455 g/mol. The molecular weight excluding hydrogens is 422 g/mol. The fraction of sp³-hybridized carbons (Fsp3) is 0.583. The maximum atomic E-state index is 12.8. The number of piperazine rings is 1. The number of nitrogens with zero attached hydrogens (tertiary/aromatic N) is 5. The number of hydrogen-bond donors (Lipinski definition) is 0. The first-order valence-corrected chi connectivity index (χ1v) is 11.8. The summed E-state index contributed by atoms with van der Waals surface area (Å²) in [5.41, 5.74) is 2.14. The Morgan fingerprint density at radius 2 is 1.82 bits per heavy atom. The Kier molecular flexibility index (Phi) is 7.72. The molecule has 0 bridgehead atoms. The number of hydrogen-bond acceptors (Lipinski definition) is 8. The molecular formula is C24H33N5O4. The van der Waals surface area contributed by atoms with E-state index in [2.05, 4.69) is 19.9 Å². The number of aryl methyl sites for hydroxylation is 1. The van der Waals surface area contributed by atoms with E-state index < -0.39 is 0 Å². The number of esters is 1. The van der Waals surface area contributed by atoms with Crippen LogP contribution in [0.2, 0.25) is 0 Å². The van der Waals surface area contributed by atoms with Crippen molar-refractivity contribution >= 4 is 11.9 Å². The highest BCUT2D eigenvalue weighted by Crippen LogP contribution is 2.19. The maximum absolute atomic E-state index is 12.8. The number of carbonyl (C=O) groups is 2. The van der Waals surface area contributed by atoms with Crippen LogP contribution in [0.1, 0.15) is 31.2 Å². The molecule has 0 spiro atoms. The minimum absolute atomic E-state index is 0.0945. The minimum atomic E-state index is -0.196. The first-order valence-electron chi connectivity index (χ1n) is 11.8. The van der Waals surface area contributed by atoms with Gasteiger partial charge in [0.1, 0.15) is 0 Å². The van der Waals surface area contributed by atoms with Gasteiger partial charge in [-0.2, -0.15) is 4.98 Å². The summed E-state index contributed by atoms with van der Waals surface area (Å²) in [7, 11) is 0. The van der Waals surface area contributed by atoms with Gasteiger partial charge in [0.25, 0.3) is 0 Å². The third-order valence-corrected chi connectivity index (χ3v) is 6.35. The molecule has 1 amide bonds. The molecule has 4 rings (SSSR count). The van der Waals surface area contributed by atoms with Crippen molar-refractivity contribution in [3.05, 3.63) is 35.7 Å². The quantitative estimate of drug-likeness (QED) is 0.585. The van der Waals surface area contributed by atoms with Gasteiger partial charge in [-0.1, -0.05) is 35.0 Å². The molecule has 1 aromatic carbocycles. The van der Waals surface area contributed by atoms with Crippen LogP contribution in [0.25, 0.3) is 11.4 Å². The van der Waals surface area contributed by atoms with E-state index in [4.69, 9.17) is 9.26 Å². The molecule has 3 heterocycles. The molecule has 1 unspecified atom stereocenters. The summed E-state index contributed by atoms with van der Waals surface area (Å²) in [6.07, 6.45) is 1.64. The molecule has 1 aromatic heterocycles. The van der Waals surface area contributed by atoms with Gasteiger partial charge in [-0.25, -0.2) is 0 Å². The average Bonchev–Trinajstić information content (AvgIpc) is 3.29. The Labute approximate surface area is 194 Å². The van der Waals surface area contributed by atoms with Gasteiger partial charge in [0.2, 0.25) is 17.6 Å². The third kappa shape index (κ3) is 6.17. The lowest BCUT2D eigenvalue weighted by atomic mass is 9.98. The van der Waals surface area contributed by atoms with Crippen LogP contribution in [0, 0.1) is 12.8 Å². The number of rotatable bonds is 7. The van der Waals surface area contributed by atoms with E-state index in [9.17, 15) is 9.59 Å². The van der Waals surface area contributed by atoms with Crippen molar-refractivity contribution in [1.29, 1.82) is 0 Å². The summed E-state index contributed by atoms with van der Waals surface area (Å²) < 4.78 is 10.6. The SMILES string of the molecule is CCOC(=O)C1CCCN(C(=O)CN2CCN(Cc3nc(-c4ccc(C)cc4)no3)CC2)C1.